The van der Waals surface area contributed by atoms with Gasteiger partial charge in [-0.15, -0.1) is 0 Å². The molecule has 7 nitrogen and oxygen atoms in total. The molecule has 0 aromatic heterocycles. The Kier molecular flexibility index (Phi) is 4.27. The summed E-state index contributed by atoms with van der Waals surface area (Å²) in [6.45, 7) is 2.57. The van der Waals surface area contributed by atoms with Crippen molar-refractivity contribution >= 4 is 11.8 Å². The zero-order chi connectivity index (χ0) is 12.1. The predicted octanol–water partition coefficient (Wildman–Crippen LogP) is -0.470. The maximum Gasteiger partial charge on any atom is 0.283 e. The SMILES string of the molecule is CCOCN1CCC(O)=C(C(=O)NO)C1=O. The van der Waals surface area contributed by atoms with Gasteiger partial charge in [-0.3, -0.25) is 14.8 Å². The van der Waals surface area contributed by atoms with Crippen molar-refractivity contribution in [3.8, 4) is 0 Å². The fraction of sp³-hybridized carbons (Fsp3) is 0.556. The predicted molar refractivity (Wildman–Crippen MR) is 52.4 cm³/mol. The highest BCUT2D eigenvalue weighted by Crippen LogP contribution is 2.17. The number of carbonyl (C=O) groups is 2. The summed E-state index contributed by atoms with van der Waals surface area (Å²) in [5, 5.41) is 17.8. The summed E-state index contributed by atoms with van der Waals surface area (Å²) in [5.74, 6) is -1.98. The molecule has 2 amide bonds. The molecule has 0 radical (unpaired) electrons. The second-order valence-corrected chi connectivity index (χ2v) is 3.20. The normalized spacial score (nSPS) is 16.6. The van der Waals surface area contributed by atoms with Gasteiger partial charge in [-0.05, 0) is 6.92 Å². The van der Waals surface area contributed by atoms with Crippen LogP contribution in [-0.4, -0.2) is 46.9 Å². The third kappa shape index (κ3) is 2.50. The van der Waals surface area contributed by atoms with Gasteiger partial charge in [0, 0.05) is 19.6 Å². The number of hydrogen-bond donors (Lipinski definition) is 3. The lowest BCUT2D eigenvalue weighted by Crippen LogP contribution is -2.43. The number of hydrogen-bond acceptors (Lipinski definition) is 5. The molecule has 0 atom stereocenters. The van der Waals surface area contributed by atoms with E-state index in [-0.39, 0.29) is 25.5 Å². The Balaban J connectivity index is 2.81. The van der Waals surface area contributed by atoms with E-state index in [1.807, 2.05) is 0 Å². The van der Waals surface area contributed by atoms with Gasteiger partial charge in [-0.1, -0.05) is 0 Å². The zero-order valence-electron chi connectivity index (χ0n) is 8.89. The zero-order valence-corrected chi connectivity index (χ0v) is 8.89. The van der Waals surface area contributed by atoms with Crippen LogP contribution in [0, 0.1) is 0 Å². The second-order valence-electron chi connectivity index (χ2n) is 3.20. The van der Waals surface area contributed by atoms with Crippen LogP contribution in [0.2, 0.25) is 0 Å². The van der Waals surface area contributed by atoms with Gasteiger partial charge in [0.15, 0.2) is 0 Å². The fourth-order valence-corrected chi connectivity index (χ4v) is 1.36. The van der Waals surface area contributed by atoms with E-state index in [4.69, 9.17) is 9.94 Å². The summed E-state index contributed by atoms with van der Waals surface area (Å²) >= 11 is 0. The van der Waals surface area contributed by atoms with Crippen LogP contribution in [0.3, 0.4) is 0 Å². The van der Waals surface area contributed by atoms with Crippen LogP contribution in [0.5, 0.6) is 0 Å². The van der Waals surface area contributed by atoms with Crippen molar-refractivity contribution in [3.05, 3.63) is 11.3 Å². The van der Waals surface area contributed by atoms with Crippen molar-refractivity contribution in [2.75, 3.05) is 19.9 Å². The molecule has 0 spiro atoms. The van der Waals surface area contributed by atoms with Crippen molar-refractivity contribution < 1.29 is 24.6 Å². The van der Waals surface area contributed by atoms with Crippen LogP contribution < -0.4 is 5.48 Å². The smallest absolute Gasteiger partial charge is 0.283 e. The molecule has 1 rings (SSSR count). The van der Waals surface area contributed by atoms with Gasteiger partial charge in [0.25, 0.3) is 11.8 Å². The topological polar surface area (TPSA) is 99.1 Å². The van der Waals surface area contributed by atoms with Crippen molar-refractivity contribution in [1.29, 1.82) is 0 Å². The molecule has 90 valence electrons. The van der Waals surface area contributed by atoms with Crippen molar-refractivity contribution in [2.45, 2.75) is 13.3 Å². The molecular weight excluding hydrogens is 216 g/mol. The fourth-order valence-electron chi connectivity index (χ4n) is 1.36. The number of ether oxygens (including phenoxy) is 1. The number of hydroxylamine groups is 1. The molecular formula is C9H14N2O5. The molecule has 0 saturated carbocycles. The van der Waals surface area contributed by atoms with Crippen LogP contribution >= 0.6 is 0 Å². The number of nitrogens with one attached hydrogen (secondary N) is 1. The minimum atomic E-state index is -1.01. The summed E-state index contributed by atoms with van der Waals surface area (Å²) in [7, 11) is 0. The van der Waals surface area contributed by atoms with Crippen LogP contribution in [-0.2, 0) is 14.3 Å². The summed E-state index contributed by atoms with van der Waals surface area (Å²) in [6.07, 6.45) is 0.168. The lowest BCUT2D eigenvalue weighted by Gasteiger charge is -2.27. The number of amides is 2. The van der Waals surface area contributed by atoms with E-state index >= 15 is 0 Å². The molecule has 3 N–H and O–H groups in total. The van der Waals surface area contributed by atoms with Gasteiger partial charge in [0.05, 0.1) is 0 Å². The largest absolute Gasteiger partial charge is 0.511 e. The Labute approximate surface area is 92.3 Å². The first-order valence-electron chi connectivity index (χ1n) is 4.85. The van der Waals surface area contributed by atoms with Gasteiger partial charge in [0.2, 0.25) is 0 Å². The van der Waals surface area contributed by atoms with Gasteiger partial charge in [-0.2, -0.15) is 0 Å². The second kappa shape index (κ2) is 5.47. The summed E-state index contributed by atoms with van der Waals surface area (Å²) in [5.41, 5.74) is 0.890. The Hall–Kier alpha value is -1.60. The van der Waals surface area contributed by atoms with E-state index < -0.39 is 17.4 Å². The van der Waals surface area contributed by atoms with E-state index in [1.165, 1.54) is 10.4 Å². The number of aliphatic hydroxyl groups excluding tert-OH is 1. The number of rotatable bonds is 4. The minimum absolute atomic E-state index is 0.0603. The highest BCUT2D eigenvalue weighted by atomic mass is 16.5. The molecule has 0 aromatic rings. The van der Waals surface area contributed by atoms with Gasteiger partial charge in [-0.25, -0.2) is 5.48 Å². The summed E-state index contributed by atoms with van der Waals surface area (Å²) < 4.78 is 5.05. The maximum absolute atomic E-state index is 11.7. The lowest BCUT2D eigenvalue weighted by molar-refractivity contribution is -0.138. The molecule has 1 aliphatic heterocycles. The minimum Gasteiger partial charge on any atom is -0.511 e. The molecule has 0 aromatic carbocycles. The lowest BCUT2D eigenvalue weighted by atomic mass is 10.1. The van der Waals surface area contributed by atoms with Crippen molar-refractivity contribution in [3.63, 3.8) is 0 Å². The number of nitrogens with zero attached hydrogens (tertiary/aromatic N) is 1. The average molecular weight is 230 g/mol. The van der Waals surface area contributed by atoms with Crippen LogP contribution in [0.15, 0.2) is 11.3 Å². The average Bonchev–Trinajstić information content (AvgIpc) is 2.28. The van der Waals surface area contributed by atoms with E-state index in [9.17, 15) is 14.7 Å². The van der Waals surface area contributed by atoms with Crippen LogP contribution in [0.4, 0.5) is 0 Å². The molecule has 7 heteroatoms. The molecule has 0 bridgehead atoms. The monoisotopic (exact) mass is 230 g/mol. The summed E-state index contributed by atoms with van der Waals surface area (Å²) in [4.78, 5) is 24.1. The molecule has 16 heavy (non-hydrogen) atoms. The first-order chi connectivity index (χ1) is 7.61. The standard InChI is InChI=1S/C9H14N2O5/c1-2-16-5-11-4-3-6(12)7(9(11)14)8(13)10-15/h12,15H,2-5H2,1H3,(H,10,13). The molecule has 1 heterocycles. The Morgan fingerprint density at radius 1 is 1.62 bits per heavy atom. The first-order valence-corrected chi connectivity index (χ1v) is 4.85. The highest BCUT2D eigenvalue weighted by molar-refractivity contribution is 6.18. The molecule has 0 unspecified atom stereocenters. The molecule has 1 aliphatic rings. The van der Waals surface area contributed by atoms with Gasteiger partial charge >= 0.3 is 0 Å². The molecule has 0 saturated heterocycles. The van der Waals surface area contributed by atoms with Gasteiger partial charge in [0.1, 0.15) is 18.1 Å². The van der Waals surface area contributed by atoms with Crippen LogP contribution in [0.25, 0.3) is 0 Å². The van der Waals surface area contributed by atoms with Crippen molar-refractivity contribution in [1.82, 2.24) is 10.4 Å². The summed E-state index contributed by atoms with van der Waals surface area (Å²) in [6, 6.07) is 0. The van der Waals surface area contributed by atoms with Crippen LogP contribution in [0.1, 0.15) is 13.3 Å². The Morgan fingerprint density at radius 2 is 2.31 bits per heavy atom. The van der Waals surface area contributed by atoms with E-state index in [2.05, 4.69) is 0 Å². The Bertz CT molecular complexity index is 326. The third-order valence-corrected chi connectivity index (χ3v) is 2.19. The maximum atomic E-state index is 11.7. The molecule has 0 fully saturated rings. The van der Waals surface area contributed by atoms with Crippen molar-refractivity contribution in [2.24, 2.45) is 0 Å². The highest BCUT2D eigenvalue weighted by Gasteiger charge is 2.31. The van der Waals surface area contributed by atoms with Gasteiger partial charge < -0.3 is 14.7 Å². The van der Waals surface area contributed by atoms with E-state index in [0.29, 0.717) is 6.61 Å². The Morgan fingerprint density at radius 3 is 2.88 bits per heavy atom. The first kappa shape index (κ1) is 12.5. The van der Waals surface area contributed by atoms with E-state index in [0.717, 1.165) is 0 Å². The van der Waals surface area contributed by atoms with E-state index in [1.54, 1.807) is 6.92 Å². The number of carbonyl (C=O) groups excluding carboxylic acids is 2. The quantitative estimate of drug-likeness (QED) is 0.344. The number of aliphatic hydroxyl groups is 1. The molecule has 0 aliphatic carbocycles. The third-order valence-electron chi connectivity index (χ3n) is 2.19.